The van der Waals surface area contributed by atoms with Crippen LogP contribution >= 0.6 is 27.5 Å². The van der Waals surface area contributed by atoms with E-state index in [0.717, 1.165) is 0 Å². The summed E-state index contributed by atoms with van der Waals surface area (Å²) < 4.78 is 0.396. The van der Waals surface area contributed by atoms with Crippen LogP contribution in [0.25, 0.3) is 10.8 Å². The lowest BCUT2D eigenvalue weighted by atomic mass is 10.1. The van der Waals surface area contributed by atoms with E-state index in [1.165, 1.54) is 6.07 Å². The summed E-state index contributed by atoms with van der Waals surface area (Å²) in [4.78, 5) is 14.8. The molecular formula is C10H5BrClN2O2. The van der Waals surface area contributed by atoms with Crippen LogP contribution in [0, 0.1) is 0 Å². The van der Waals surface area contributed by atoms with E-state index in [-0.39, 0.29) is 11.4 Å². The van der Waals surface area contributed by atoms with E-state index in [1.807, 2.05) is 0 Å². The lowest BCUT2D eigenvalue weighted by molar-refractivity contribution is 0.0984. The van der Waals surface area contributed by atoms with Crippen molar-refractivity contribution in [1.82, 2.24) is 10.7 Å². The van der Waals surface area contributed by atoms with Crippen molar-refractivity contribution in [2.75, 3.05) is 0 Å². The average Bonchev–Trinajstić information content (AvgIpc) is 2.22. The van der Waals surface area contributed by atoms with Crippen LogP contribution in [0.3, 0.4) is 0 Å². The van der Waals surface area contributed by atoms with Gasteiger partial charge >= 0.3 is 0 Å². The van der Waals surface area contributed by atoms with Gasteiger partial charge in [0.2, 0.25) is 0 Å². The molecule has 0 saturated heterocycles. The van der Waals surface area contributed by atoms with Crippen molar-refractivity contribution in [3.05, 3.63) is 33.5 Å². The third kappa shape index (κ3) is 1.72. The molecule has 4 nitrogen and oxygen atoms in total. The number of hydrogen-bond acceptors (Lipinski definition) is 3. The van der Waals surface area contributed by atoms with Crippen LogP contribution in [0.4, 0.5) is 0 Å². The minimum Gasteiger partial charge on any atom is -0.505 e. The van der Waals surface area contributed by atoms with Crippen molar-refractivity contribution in [2.24, 2.45) is 0 Å². The molecule has 16 heavy (non-hydrogen) atoms. The zero-order chi connectivity index (χ0) is 11.9. The predicted molar refractivity (Wildman–Crippen MR) is 63.5 cm³/mol. The van der Waals surface area contributed by atoms with E-state index in [4.69, 9.17) is 17.3 Å². The van der Waals surface area contributed by atoms with E-state index in [0.29, 0.717) is 20.4 Å². The number of nitrogens with zero attached hydrogens (tertiary/aromatic N) is 1. The standard InChI is InChI=1S/C10H5BrClN2O2/c11-9-5-2-1-4(12)3-6(5)8(15)7(14-9)10(13)16/h1-3,13,15H. The molecule has 0 atom stereocenters. The second kappa shape index (κ2) is 3.92. The highest BCUT2D eigenvalue weighted by atomic mass is 79.9. The topological polar surface area (TPSA) is 74.0 Å². The molecular weight excluding hydrogens is 295 g/mol. The highest BCUT2D eigenvalue weighted by Gasteiger charge is 2.16. The molecule has 0 aliphatic heterocycles. The maximum absolute atomic E-state index is 10.9. The molecule has 0 saturated carbocycles. The zero-order valence-corrected chi connectivity index (χ0v) is 10.1. The smallest absolute Gasteiger partial charge is 0.292 e. The molecule has 1 aromatic carbocycles. The summed E-state index contributed by atoms with van der Waals surface area (Å²) in [5.41, 5.74) is 6.68. The first-order valence-electron chi connectivity index (χ1n) is 4.24. The minimum atomic E-state index is -1.04. The first-order chi connectivity index (χ1) is 7.50. The number of carbonyl (C=O) groups is 1. The molecule has 0 spiro atoms. The lowest BCUT2D eigenvalue weighted by Crippen LogP contribution is -2.03. The van der Waals surface area contributed by atoms with Crippen LogP contribution in [0.15, 0.2) is 22.8 Å². The second-order valence-electron chi connectivity index (χ2n) is 3.12. The van der Waals surface area contributed by atoms with Gasteiger partial charge in [-0.1, -0.05) is 17.7 Å². The van der Waals surface area contributed by atoms with Crippen molar-refractivity contribution in [2.45, 2.75) is 0 Å². The Hall–Kier alpha value is -1.33. The summed E-state index contributed by atoms with van der Waals surface area (Å²) in [7, 11) is 0. The summed E-state index contributed by atoms with van der Waals surface area (Å²) >= 11 is 8.97. The van der Waals surface area contributed by atoms with Crippen molar-refractivity contribution in [3.8, 4) is 5.75 Å². The van der Waals surface area contributed by atoms with Gasteiger partial charge in [0.1, 0.15) is 4.60 Å². The molecule has 2 rings (SSSR count). The molecule has 0 aliphatic rings. The number of nitrogens with one attached hydrogen (secondary N) is 1. The number of hydrogen-bond donors (Lipinski definition) is 1. The fourth-order valence-corrected chi connectivity index (χ4v) is 2.08. The van der Waals surface area contributed by atoms with E-state index in [1.54, 1.807) is 12.1 Å². The number of pyridine rings is 1. The Balaban J connectivity index is 2.91. The summed E-state index contributed by atoms with van der Waals surface area (Å²) in [5.74, 6) is -1.36. The Kier molecular flexibility index (Phi) is 2.73. The monoisotopic (exact) mass is 299 g/mol. The molecule has 1 radical (unpaired) electrons. The van der Waals surface area contributed by atoms with Gasteiger partial charge in [0.15, 0.2) is 11.4 Å². The third-order valence-electron chi connectivity index (χ3n) is 2.11. The Labute approximate surface area is 104 Å². The number of carbonyl (C=O) groups excluding carboxylic acids is 1. The number of aromatic hydroxyl groups is 1. The van der Waals surface area contributed by atoms with Crippen molar-refractivity contribution in [1.29, 1.82) is 0 Å². The van der Waals surface area contributed by atoms with E-state index < -0.39 is 5.91 Å². The van der Waals surface area contributed by atoms with E-state index >= 15 is 0 Å². The van der Waals surface area contributed by atoms with Crippen molar-refractivity contribution < 1.29 is 9.90 Å². The van der Waals surface area contributed by atoms with Gasteiger partial charge in [-0.15, -0.1) is 0 Å². The van der Waals surface area contributed by atoms with Gasteiger partial charge in [0.05, 0.1) is 0 Å². The Morgan fingerprint density at radius 2 is 2.12 bits per heavy atom. The third-order valence-corrected chi connectivity index (χ3v) is 2.95. The molecule has 81 valence electrons. The Bertz CT molecular complexity index is 601. The summed E-state index contributed by atoms with van der Waals surface area (Å²) in [6.45, 7) is 0. The first kappa shape index (κ1) is 11.2. The van der Waals surface area contributed by atoms with Crippen LogP contribution in [0.5, 0.6) is 5.75 Å². The van der Waals surface area contributed by atoms with Crippen molar-refractivity contribution in [3.63, 3.8) is 0 Å². The molecule has 1 amide bonds. The van der Waals surface area contributed by atoms with Gasteiger partial charge in [0.25, 0.3) is 5.91 Å². The molecule has 1 aromatic heterocycles. The van der Waals surface area contributed by atoms with Gasteiger partial charge in [-0.3, -0.25) is 10.5 Å². The molecule has 1 heterocycles. The van der Waals surface area contributed by atoms with Gasteiger partial charge in [-0.25, -0.2) is 4.98 Å². The van der Waals surface area contributed by atoms with Gasteiger partial charge < -0.3 is 5.11 Å². The van der Waals surface area contributed by atoms with Crippen LogP contribution in [0.2, 0.25) is 5.02 Å². The van der Waals surface area contributed by atoms with E-state index in [9.17, 15) is 9.90 Å². The number of aromatic nitrogens is 1. The van der Waals surface area contributed by atoms with Gasteiger partial charge in [-0.2, -0.15) is 0 Å². The fraction of sp³-hybridized carbons (Fsp3) is 0. The maximum atomic E-state index is 10.9. The van der Waals surface area contributed by atoms with Gasteiger partial charge in [-0.05, 0) is 28.1 Å². The molecule has 0 unspecified atom stereocenters. The number of benzene rings is 1. The largest absolute Gasteiger partial charge is 0.505 e. The van der Waals surface area contributed by atoms with Crippen molar-refractivity contribution >= 4 is 44.2 Å². The molecule has 6 heteroatoms. The maximum Gasteiger partial charge on any atom is 0.292 e. The SMILES string of the molecule is [NH]C(=O)c1nc(Br)c2ccc(Cl)cc2c1O. The van der Waals surface area contributed by atoms with Crippen LogP contribution in [0.1, 0.15) is 10.5 Å². The first-order valence-corrected chi connectivity index (χ1v) is 5.41. The second-order valence-corrected chi connectivity index (χ2v) is 4.31. The number of halogens is 2. The number of amides is 1. The summed E-state index contributed by atoms with van der Waals surface area (Å²) in [5, 5.41) is 11.2. The predicted octanol–water partition coefficient (Wildman–Crippen LogP) is 2.78. The number of rotatable bonds is 1. The van der Waals surface area contributed by atoms with Gasteiger partial charge in [0, 0.05) is 15.8 Å². The summed E-state index contributed by atoms with van der Waals surface area (Å²) in [6, 6.07) is 4.84. The quantitative estimate of drug-likeness (QED) is 0.823. The Morgan fingerprint density at radius 3 is 2.75 bits per heavy atom. The van der Waals surface area contributed by atoms with Crippen LogP contribution < -0.4 is 5.73 Å². The normalized spacial score (nSPS) is 10.6. The fourth-order valence-electron chi connectivity index (χ4n) is 1.39. The number of fused-ring (bicyclic) bond motifs is 1. The highest BCUT2D eigenvalue weighted by Crippen LogP contribution is 2.33. The molecule has 2 N–H and O–H groups in total. The van der Waals surface area contributed by atoms with Crippen LogP contribution in [-0.2, 0) is 0 Å². The molecule has 0 fully saturated rings. The van der Waals surface area contributed by atoms with Crippen LogP contribution in [-0.4, -0.2) is 16.0 Å². The highest BCUT2D eigenvalue weighted by molar-refractivity contribution is 9.10. The molecule has 2 aromatic rings. The Morgan fingerprint density at radius 1 is 1.44 bits per heavy atom. The average molecular weight is 301 g/mol. The lowest BCUT2D eigenvalue weighted by Gasteiger charge is -2.06. The zero-order valence-electron chi connectivity index (χ0n) is 7.79. The minimum absolute atomic E-state index is 0.290. The summed E-state index contributed by atoms with van der Waals surface area (Å²) in [6.07, 6.45) is 0. The van der Waals surface area contributed by atoms with E-state index in [2.05, 4.69) is 20.9 Å². The molecule has 0 aliphatic carbocycles. The molecule has 0 bridgehead atoms.